The van der Waals surface area contributed by atoms with Gasteiger partial charge < -0.3 is 20.7 Å². The molecule has 1 amide bonds. The fourth-order valence-electron chi connectivity index (χ4n) is 2.36. The van der Waals surface area contributed by atoms with Crippen LogP contribution in [0.2, 0.25) is 0 Å². The van der Waals surface area contributed by atoms with Crippen molar-refractivity contribution in [1.29, 1.82) is 0 Å². The van der Waals surface area contributed by atoms with Crippen LogP contribution in [0.4, 0.5) is 0 Å². The molecule has 1 fully saturated rings. The zero-order valence-electron chi connectivity index (χ0n) is 12.2. The van der Waals surface area contributed by atoms with E-state index in [1.54, 1.807) is 12.1 Å². The van der Waals surface area contributed by atoms with Crippen molar-refractivity contribution in [2.45, 2.75) is 18.9 Å². The molecule has 6 heteroatoms. The van der Waals surface area contributed by atoms with Crippen LogP contribution in [-0.2, 0) is 4.79 Å². The molecule has 0 spiro atoms. The summed E-state index contributed by atoms with van der Waals surface area (Å²) in [7, 11) is 2.09. The molecule has 0 saturated carbocycles. The second kappa shape index (κ2) is 7.38. The van der Waals surface area contributed by atoms with Gasteiger partial charge in [0.2, 0.25) is 0 Å². The number of thiocarbonyl (C=S) groups is 1. The van der Waals surface area contributed by atoms with Gasteiger partial charge in [-0.3, -0.25) is 4.79 Å². The molecule has 0 aromatic heterocycles. The molecule has 0 unspecified atom stereocenters. The summed E-state index contributed by atoms with van der Waals surface area (Å²) in [6.45, 7) is 2.00. The topological polar surface area (TPSA) is 67.6 Å². The minimum Gasteiger partial charge on any atom is -0.483 e. The van der Waals surface area contributed by atoms with Crippen molar-refractivity contribution in [2.24, 2.45) is 5.73 Å². The van der Waals surface area contributed by atoms with Gasteiger partial charge in [-0.05, 0) is 45.1 Å². The number of ether oxygens (including phenoxy) is 1. The van der Waals surface area contributed by atoms with Crippen molar-refractivity contribution in [2.75, 3.05) is 26.7 Å². The van der Waals surface area contributed by atoms with Gasteiger partial charge >= 0.3 is 0 Å². The number of nitrogens with zero attached hydrogens (tertiary/aromatic N) is 1. The monoisotopic (exact) mass is 307 g/mol. The Balaban J connectivity index is 1.83. The van der Waals surface area contributed by atoms with Crippen molar-refractivity contribution in [1.82, 2.24) is 10.2 Å². The van der Waals surface area contributed by atoms with Gasteiger partial charge in [0.25, 0.3) is 5.91 Å². The number of hydrogen-bond donors (Lipinski definition) is 2. The Bertz CT molecular complexity index is 513. The average Bonchev–Trinajstić information content (AvgIpc) is 2.48. The highest BCUT2D eigenvalue weighted by atomic mass is 32.1. The molecule has 0 atom stereocenters. The molecule has 21 heavy (non-hydrogen) atoms. The van der Waals surface area contributed by atoms with Crippen molar-refractivity contribution in [3.63, 3.8) is 0 Å². The van der Waals surface area contributed by atoms with Crippen LogP contribution in [0.3, 0.4) is 0 Å². The molecule has 1 aliphatic heterocycles. The smallest absolute Gasteiger partial charge is 0.258 e. The highest BCUT2D eigenvalue weighted by molar-refractivity contribution is 7.80. The lowest BCUT2D eigenvalue weighted by molar-refractivity contribution is -0.124. The molecular formula is C15H21N3O2S. The van der Waals surface area contributed by atoms with Gasteiger partial charge in [-0.1, -0.05) is 24.4 Å². The van der Waals surface area contributed by atoms with Crippen LogP contribution in [0.1, 0.15) is 18.4 Å². The maximum Gasteiger partial charge on any atom is 0.258 e. The summed E-state index contributed by atoms with van der Waals surface area (Å²) >= 11 is 4.96. The van der Waals surface area contributed by atoms with Crippen molar-refractivity contribution < 1.29 is 9.53 Å². The lowest BCUT2D eigenvalue weighted by Crippen LogP contribution is -2.44. The summed E-state index contributed by atoms with van der Waals surface area (Å²) in [5.74, 6) is 0.436. The van der Waals surface area contributed by atoms with E-state index in [2.05, 4.69) is 17.3 Å². The molecule has 1 saturated heterocycles. The Morgan fingerprint density at radius 1 is 1.43 bits per heavy atom. The lowest BCUT2D eigenvalue weighted by Gasteiger charge is -2.29. The number of piperidine rings is 1. The van der Waals surface area contributed by atoms with E-state index in [9.17, 15) is 4.79 Å². The summed E-state index contributed by atoms with van der Waals surface area (Å²) in [6.07, 6.45) is 1.96. The Hall–Kier alpha value is -1.66. The molecule has 114 valence electrons. The first kappa shape index (κ1) is 15.7. The maximum atomic E-state index is 11.9. The third-order valence-electron chi connectivity index (χ3n) is 3.59. The van der Waals surface area contributed by atoms with Gasteiger partial charge in [0.15, 0.2) is 6.61 Å². The van der Waals surface area contributed by atoms with Crippen LogP contribution in [0.25, 0.3) is 0 Å². The van der Waals surface area contributed by atoms with Crippen LogP contribution in [0.15, 0.2) is 24.3 Å². The van der Waals surface area contributed by atoms with Gasteiger partial charge in [-0.2, -0.15) is 0 Å². The number of hydrogen-bond acceptors (Lipinski definition) is 4. The van der Waals surface area contributed by atoms with Gasteiger partial charge in [-0.15, -0.1) is 0 Å². The molecule has 1 aromatic rings. The summed E-state index contributed by atoms with van der Waals surface area (Å²) < 4.78 is 5.53. The summed E-state index contributed by atoms with van der Waals surface area (Å²) in [4.78, 5) is 14.5. The molecule has 1 aromatic carbocycles. The Labute approximate surface area is 130 Å². The third-order valence-corrected chi connectivity index (χ3v) is 3.81. The number of nitrogens with two attached hydrogens (primary N) is 1. The molecule has 3 N–H and O–H groups in total. The SMILES string of the molecule is CN1CCC(NC(=O)COc2ccccc2C(N)=S)CC1. The predicted octanol–water partition coefficient (Wildman–Crippen LogP) is 0.910. The van der Waals surface area contributed by atoms with Crippen LogP contribution in [0, 0.1) is 0 Å². The predicted molar refractivity (Wildman–Crippen MR) is 86.5 cm³/mol. The summed E-state index contributed by atoms with van der Waals surface area (Å²) in [5.41, 5.74) is 6.28. The van der Waals surface area contributed by atoms with Gasteiger partial charge in [-0.25, -0.2) is 0 Å². The van der Waals surface area contributed by atoms with Crippen LogP contribution in [0.5, 0.6) is 5.75 Å². The zero-order chi connectivity index (χ0) is 15.2. The minimum absolute atomic E-state index is 0.0219. The largest absolute Gasteiger partial charge is 0.483 e. The molecular weight excluding hydrogens is 286 g/mol. The highest BCUT2D eigenvalue weighted by Crippen LogP contribution is 2.17. The van der Waals surface area contributed by atoms with Gasteiger partial charge in [0.1, 0.15) is 10.7 Å². The van der Waals surface area contributed by atoms with E-state index in [1.807, 2.05) is 12.1 Å². The van der Waals surface area contributed by atoms with Crippen LogP contribution >= 0.6 is 12.2 Å². The average molecular weight is 307 g/mol. The van der Waals surface area contributed by atoms with E-state index >= 15 is 0 Å². The van der Waals surface area contributed by atoms with Crippen molar-refractivity contribution >= 4 is 23.1 Å². The number of nitrogens with one attached hydrogen (secondary N) is 1. The maximum absolute atomic E-state index is 11.9. The van der Waals surface area contributed by atoms with E-state index in [0.717, 1.165) is 25.9 Å². The van der Waals surface area contributed by atoms with E-state index in [-0.39, 0.29) is 23.5 Å². The highest BCUT2D eigenvalue weighted by Gasteiger charge is 2.18. The van der Waals surface area contributed by atoms with Crippen molar-refractivity contribution in [3.05, 3.63) is 29.8 Å². The molecule has 0 radical (unpaired) electrons. The summed E-state index contributed by atoms with van der Waals surface area (Å²) in [5, 5.41) is 3.00. The molecule has 1 aliphatic rings. The number of para-hydroxylation sites is 1. The van der Waals surface area contributed by atoms with Crippen LogP contribution in [-0.4, -0.2) is 48.6 Å². The van der Waals surface area contributed by atoms with E-state index < -0.39 is 0 Å². The van der Waals surface area contributed by atoms with Gasteiger partial charge in [0.05, 0.1) is 5.56 Å². The Morgan fingerprint density at radius 3 is 2.76 bits per heavy atom. The van der Waals surface area contributed by atoms with E-state index in [1.165, 1.54) is 0 Å². The molecule has 5 nitrogen and oxygen atoms in total. The zero-order valence-corrected chi connectivity index (χ0v) is 13.0. The summed E-state index contributed by atoms with van der Waals surface area (Å²) in [6, 6.07) is 7.44. The van der Waals surface area contributed by atoms with E-state index in [0.29, 0.717) is 11.3 Å². The van der Waals surface area contributed by atoms with Crippen LogP contribution < -0.4 is 15.8 Å². The lowest BCUT2D eigenvalue weighted by atomic mass is 10.1. The Kier molecular flexibility index (Phi) is 5.52. The van der Waals surface area contributed by atoms with Gasteiger partial charge in [0, 0.05) is 6.04 Å². The molecule has 2 rings (SSSR count). The first-order valence-corrected chi connectivity index (χ1v) is 7.46. The Morgan fingerprint density at radius 2 is 2.10 bits per heavy atom. The standard InChI is InChI=1S/C15H21N3O2S/c1-18-8-6-11(7-9-18)17-14(19)10-20-13-5-3-2-4-12(13)15(16)21/h2-5,11H,6-10H2,1H3,(H2,16,21)(H,17,19). The normalized spacial score (nSPS) is 16.4. The fraction of sp³-hybridized carbons (Fsp3) is 0.467. The third kappa shape index (κ3) is 4.68. The second-order valence-electron chi connectivity index (χ2n) is 5.29. The molecule has 0 bridgehead atoms. The molecule has 1 heterocycles. The minimum atomic E-state index is -0.109. The quantitative estimate of drug-likeness (QED) is 0.792. The number of carbonyl (C=O) groups excluding carboxylic acids is 1. The second-order valence-corrected chi connectivity index (χ2v) is 5.73. The number of benzene rings is 1. The number of likely N-dealkylation sites (tertiary alicyclic amines) is 1. The van der Waals surface area contributed by atoms with Crippen molar-refractivity contribution in [3.8, 4) is 5.75 Å². The number of amides is 1. The number of rotatable bonds is 5. The first-order valence-electron chi connectivity index (χ1n) is 7.06. The first-order chi connectivity index (χ1) is 10.1. The fourth-order valence-corrected chi connectivity index (χ4v) is 2.53. The van der Waals surface area contributed by atoms with E-state index in [4.69, 9.17) is 22.7 Å². The molecule has 0 aliphatic carbocycles. The number of carbonyl (C=O) groups is 1.